The van der Waals surface area contributed by atoms with Crippen LogP contribution in [0.5, 0.6) is 0 Å². The Morgan fingerprint density at radius 1 is 1.53 bits per heavy atom. The molecule has 1 aromatic heterocycles. The van der Waals surface area contributed by atoms with Crippen molar-refractivity contribution in [1.82, 2.24) is 14.6 Å². The molecule has 1 atom stereocenters. The standard InChI is InChI=1S/C11H14BrN3O3S/c1-8(16)14-10-2-3-15(7-10)19(17,18)11-4-9(12)5-13-6-11/h4-6,10H,2-3,7H2,1H3,(H,14,16). The van der Waals surface area contributed by atoms with Gasteiger partial charge < -0.3 is 5.32 Å². The molecule has 1 N–H and O–H groups in total. The molecule has 1 amide bonds. The third kappa shape index (κ3) is 3.31. The fourth-order valence-electron chi connectivity index (χ4n) is 2.03. The summed E-state index contributed by atoms with van der Waals surface area (Å²) in [5, 5.41) is 2.74. The van der Waals surface area contributed by atoms with Crippen molar-refractivity contribution in [2.24, 2.45) is 0 Å². The number of nitrogens with zero attached hydrogens (tertiary/aromatic N) is 2. The van der Waals surface area contributed by atoms with E-state index in [0.717, 1.165) is 0 Å². The molecule has 0 aliphatic carbocycles. The van der Waals surface area contributed by atoms with Gasteiger partial charge in [0.1, 0.15) is 4.90 Å². The molecule has 1 aromatic rings. The molecular formula is C11H14BrN3O3S. The van der Waals surface area contributed by atoms with Crippen LogP contribution in [0, 0.1) is 0 Å². The van der Waals surface area contributed by atoms with E-state index in [9.17, 15) is 13.2 Å². The quantitative estimate of drug-likeness (QED) is 0.874. The van der Waals surface area contributed by atoms with E-state index in [0.29, 0.717) is 24.0 Å². The number of nitrogens with one attached hydrogen (secondary N) is 1. The fraction of sp³-hybridized carbons (Fsp3) is 0.455. The lowest BCUT2D eigenvalue weighted by Gasteiger charge is -2.16. The second kappa shape index (κ2) is 5.56. The Morgan fingerprint density at radius 3 is 2.89 bits per heavy atom. The Labute approximate surface area is 120 Å². The zero-order valence-electron chi connectivity index (χ0n) is 10.3. The van der Waals surface area contributed by atoms with Crippen LogP contribution in [0.3, 0.4) is 0 Å². The largest absolute Gasteiger partial charge is 0.352 e. The monoisotopic (exact) mass is 347 g/mol. The van der Waals surface area contributed by atoms with Crippen LogP contribution in [0.4, 0.5) is 0 Å². The van der Waals surface area contributed by atoms with Gasteiger partial charge in [-0.3, -0.25) is 9.78 Å². The summed E-state index contributed by atoms with van der Waals surface area (Å²) in [6, 6.07) is 1.40. The van der Waals surface area contributed by atoms with Crippen LogP contribution in [0.2, 0.25) is 0 Å². The molecule has 0 spiro atoms. The summed E-state index contributed by atoms with van der Waals surface area (Å²) in [4.78, 5) is 15.0. The summed E-state index contributed by atoms with van der Waals surface area (Å²) < 4.78 is 26.7. The van der Waals surface area contributed by atoms with Gasteiger partial charge in [0.2, 0.25) is 15.9 Å². The van der Waals surface area contributed by atoms with Crippen LogP contribution in [0.25, 0.3) is 0 Å². The lowest BCUT2D eigenvalue weighted by molar-refractivity contribution is -0.119. The molecule has 104 valence electrons. The minimum Gasteiger partial charge on any atom is -0.352 e. The van der Waals surface area contributed by atoms with Crippen LogP contribution in [-0.2, 0) is 14.8 Å². The first-order valence-corrected chi connectivity index (χ1v) is 8.00. The van der Waals surface area contributed by atoms with E-state index in [1.165, 1.54) is 29.7 Å². The Bertz CT molecular complexity index is 591. The van der Waals surface area contributed by atoms with E-state index in [1.54, 1.807) is 0 Å². The maximum atomic E-state index is 12.4. The van der Waals surface area contributed by atoms with Crippen molar-refractivity contribution in [3.63, 3.8) is 0 Å². The summed E-state index contributed by atoms with van der Waals surface area (Å²) in [5.74, 6) is -0.145. The number of rotatable bonds is 3. The van der Waals surface area contributed by atoms with Gasteiger partial charge >= 0.3 is 0 Å². The number of carbonyl (C=O) groups is 1. The summed E-state index contributed by atoms with van der Waals surface area (Å²) in [6.07, 6.45) is 3.48. The van der Waals surface area contributed by atoms with Crippen molar-refractivity contribution >= 4 is 31.9 Å². The number of aromatic nitrogens is 1. The Morgan fingerprint density at radius 2 is 2.26 bits per heavy atom. The number of hydrogen-bond acceptors (Lipinski definition) is 4. The molecule has 1 aliphatic rings. The molecule has 19 heavy (non-hydrogen) atoms. The molecule has 8 heteroatoms. The highest BCUT2D eigenvalue weighted by atomic mass is 79.9. The zero-order valence-corrected chi connectivity index (χ0v) is 12.7. The van der Waals surface area contributed by atoms with Gasteiger partial charge in [-0.15, -0.1) is 0 Å². The lowest BCUT2D eigenvalue weighted by atomic mass is 10.3. The zero-order chi connectivity index (χ0) is 14.0. The molecule has 0 aromatic carbocycles. The SMILES string of the molecule is CC(=O)NC1CCN(S(=O)(=O)c2cncc(Br)c2)C1. The third-order valence-corrected chi connectivity index (χ3v) is 5.14. The van der Waals surface area contributed by atoms with E-state index in [2.05, 4.69) is 26.2 Å². The summed E-state index contributed by atoms with van der Waals surface area (Å²) >= 11 is 3.21. The topological polar surface area (TPSA) is 79.4 Å². The van der Waals surface area contributed by atoms with Gasteiger partial charge in [-0.2, -0.15) is 4.31 Å². The minimum absolute atomic E-state index is 0.118. The van der Waals surface area contributed by atoms with E-state index in [-0.39, 0.29) is 16.8 Å². The first kappa shape index (κ1) is 14.4. The molecule has 0 bridgehead atoms. The Balaban J connectivity index is 2.16. The predicted molar refractivity (Wildman–Crippen MR) is 72.9 cm³/mol. The highest BCUT2D eigenvalue weighted by Crippen LogP contribution is 2.22. The second-order valence-electron chi connectivity index (χ2n) is 4.39. The maximum Gasteiger partial charge on any atom is 0.244 e. The lowest BCUT2D eigenvalue weighted by Crippen LogP contribution is -2.37. The first-order chi connectivity index (χ1) is 8.89. The maximum absolute atomic E-state index is 12.4. The van der Waals surface area contributed by atoms with Crippen LogP contribution >= 0.6 is 15.9 Å². The van der Waals surface area contributed by atoms with Crippen LogP contribution < -0.4 is 5.32 Å². The Kier molecular flexibility index (Phi) is 4.22. The first-order valence-electron chi connectivity index (χ1n) is 5.77. The average Bonchev–Trinajstić information content (AvgIpc) is 2.77. The van der Waals surface area contributed by atoms with Gasteiger partial charge in [-0.1, -0.05) is 0 Å². The highest BCUT2D eigenvalue weighted by molar-refractivity contribution is 9.10. The van der Waals surface area contributed by atoms with Gasteiger partial charge in [0, 0.05) is 42.9 Å². The normalized spacial score (nSPS) is 20.4. The molecule has 1 unspecified atom stereocenters. The molecule has 1 aliphatic heterocycles. The number of pyridine rings is 1. The Hall–Kier alpha value is -0.990. The van der Waals surface area contributed by atoms with Crippen molar-refractivity contribution < 1.29 is 13.2 Å². The molecule has 0 radical (unpaired) electrons. The molecule has 2 rings (SSSR count). The average molecular weight is 348 g/mol. The molecule has 0 saturated carbocycles. The van der Waals surface area contributed by atoms with Crippen molar-refractivity contribution in [2.75, 3.05) is 13.1 Å². The number of amides is 1. The van der Waals surface area contributed by atoms with Crippen molar-refractivity contribution in [1.29, 1.82) is 0 Å². The van der Waals surface area contributed by atoms with E-state index in [4.69, 9.17) is 0 Å². The van der Waals surface area contributed by atoms with Gasteiger partial charge in [-0.25, -0.2) is 8.42 Å². The third-order valence-electron chi connectivity index (χ3n) is 2.88. The van der Waals surface area contributed by atoms with E-state index in [1.807, 2.05) is 0 Å². The number of hydrogen-bond donors (Lipinski definition) is 1. The van der Waals surface area contributed by atoms with Gasteiger partial charge in [0.25, 0.3) is 0 Å². The van der Waals surface area contributed by atoms with Crippen LogP contribution in [0.1, 0.15) is 13.3 Å². The summed E-state index contributed by atoms with van der Waals surface area (Å²) in [7, 11) is -3.54. The molecule has 1 saturated heterocycles. The molecule has 1 fully saturated rings. The van der Waals surface area contributed by atoms with E-state index >= 15 is 0 Å². The summed E-state index contributed by atoms with van der Waals surface area (Å²) in [6.45, 7) is 2.13. The number of halogens is 1. The molecule has 2 heterocycles. The highest BCUT2D eigenvalue weighted by Gasteiger charge is 2.33. The van der Waals surface area contributed by atoms with Gasteiger partial charge in [0.15, 0.2) is 0 Å². The second-order valence-corrected chi connectivity index (χ2v) is 7.24. The van der Waals surface area contributed by atoms with Crippen molar-refractivity contribution in [3.05, 3.63) is 22.9 Å². The van der Waals surface area contributed by atoms with Crippen molar-refractivity contribution in [3.8, 4) is 0 Å². The molecule has 6 nitrogen and oxygen atoms in total. The predicted octanol–water partition coefficient (Wildman–Crippen LogP) is 0.743. The van der Waals surface area contributed by atoms with E-state index < -0.39 is 10.0 Å². The van der Waals surface area contributed by atoms with Crippen LogP contribution in [0.15, 0.2) is 27.8 Å². The number of sulfonamides is 1. The van der Waals surface area contributed by atoms with Gasteiger partial charge in [-0.05, 0) is 28.4 Å². The van der Waals surface area contributed by atoms with Gasteiger partial charge in [0.05, 0.1) is 0 Å². The smallest absolute Gasteiger partial charge is 0.244 e. The molecular weight excluding hydrogens is 334 g/mol. The van der Waals surface area contributed by atoms with Crippen molar-refractivity contribution in [2.45, 2.75) is 24.3 Å². The fourth-order valence-corrected chi connectivity index (χ4v) is 4.04. The van der Waals surface area contributed by atoms with Crippen LogP contribution in [-0.4, -0.2) is 42.7 Å². The summed E-state index contributed by atoms with van der Waals surface area (Å²) in [5.41, 5.74) is 0. The minimum atomic E-state index is -3.54. The number of carbonyl (C=O) groups excluding carboxylic acids is 1.